The Morgan fingerprint density at radius 2 is 1.89 bits per heavy atom. The largest absolute Gasteiger partial charge is 0.496 e. The molecule has 1 N–H and O–H groups in total. The van der Waals surface area contributed by atoms with Gasteiger partial charge in [-0.25, -0.2) is 0 Å². The van der Waals surface area contributed by atoms with E-state index in [2.05, 4.69) is 27.3 Å². The number of fused-ring (bicyclic) bond motifs is 1. The summed E-state index contributed by atoms with van der Waals surface area (Å²) >= 11 is 0. The van der Waals surface area contributed by atoms with E-state index in [0.29, 0.717) is 29.3 Å². The number of aromatic hydroxyl groups is 1. The third-order valence-electron chi connectivity index (χ3n) is 6.35. The molecule has 0 aliphatic carbocycles. The average Bonchev–Trinajstić information content (AvgIpc) is 3.54. The number of methoxy groups -OCH3 is 1. The van der Waals surface area contributed by atoms with Crippen molar-refractivity contribution >= 4 is 11.0 Å². The van der Waals surface area contributed by atoms with Crippen molar-refractivity contribution in [2.75, 3.05) is 7.11 Å². The van der Waals surface area contributed by atoms with Crippen molar-refractivity contribution < 1.29 is 18.8 Å². The molecule has 1 atom stereocenters. The van der Waals surface area contributed by atoms with Crippen molar-refractivity contribution in [3.63, 3.8) is 0 Å². The molecular weight excluding hydrogens is 474 g/mol. The predicted octanol–water partition coefficient (Wildman–Crippen LogP) is 4.69. The first-order valence-electron chi connectivity index (χ1n) is 12.1. The summed E-state index contributed by atoms with van der Waals surface area (Å²) in [5, 5.41) is 23.9. The van der Waals surface area contributed by atoms with E-state index in [0.717, 1.165) is 23.8 Å². The molecule has 0 saturated heterocycles. The number of unbranched alkanes of at least 4 members (excludes halogenated alkanes) is 1. The van der Waals surface area contributed by atoms with Gasteiger partial charge in [0.1, 0.15) is 17.3 Å². The molecule has 0 saturated carbocycles. The maximum Gasteiger partial charge on any atom is 0.270 e. The molecule has 0 spiro atoms. The number of aromatic nitrogens is 5. The Balaban J connectivity index is 1.57. The predicted molar refractivity (Wildman–Crippen MR) is 136 cm³/mol. The summed E-state index contributed by atoms with van der Waals surface area (Å²) < 4.78 is 18.3. The average molecular weight is 502 g/mol. The molecule has 5 aromatic rings. The normalized spacial score (nSPS) is 12.2. The van der Waals surface area contributed by atoms with E-state index in [1.165, 1.54) is 0 Å². The lowest BCUT2D eigenvalue weighted by atomic mass is 10.1. The highest BCUT2D eigenvalue weighted by molar-refractivity contribution is 5.79. The molecule has 5 rings (SSSR count). The summed E-state index contributed by atoms with van der Waals surface area (Å²) in [5.74, 6) is 0.799. The number of benzene rings is 2. The lowest BCUT2D eigenvalue weighted by Gasteiger charge is -2.22. The van der Waals surface area contributed by atoms with Gasteiger partial charge in [0.05, 0.1) is 19.6 Å². The summed E-state index contributed by atoms with van der Waals surface area (Å²) in [7, 11) is 1.59. The second-order valence-corrected chi connectivity index (χ2v) is 8.73. The SMILES string of the molecule is CCCCc1nc(O)c(-c2nnc(Cc3noc4ccccc34)o2)c(=O)n1C(C)c1ccccc1OC. The summed E-state index contributed by atoms with van der Waals surface area (Å²) in [6, 6.07) is 14.5. The van der Waals surface area contributed by atoms with Crippen LogP contribution in [0.2, 0.25) is 0 Å². The van der Waals surface area contributed by atoms with Crippen LogP contribution in [0.3, 0.4) is 0 Å². The van der Waals surface area contributed by atoms with Crippen LogP contribution in [0.15, 0.2) is 62.3 Å². The smallest absolute Gasteiger partial charge is 0.270 e. The van der Waals surface area contributed by atoms with Crippen LogP contribution in [-0.2, 0) is 12.8 Å². The molecule has 2 aromatic carbocycles. The van der Waals surface area contributed by atoms with Crippen molar-refractivity contribution in [3.8, 4) is 23.1 Å². The van der Waals surface area contributed by atoms with Gasteiger partial charge in [-0.2, -0.15) is 4.98 Å². The maximum atomic E-state index is 13.9. The van der Waals surface area contributed by atoms with E-state index in [1.54, 1.807) is 11.7 Å². The van der Waals surface area contributed by atoms with Gasteiger partial charge >= 0.3 is 0 Å². The highest BCUT2D eigenvalue weighted by Gasteiger charge is 2.26. The third-order valence-corrected chi connectivity index (χ3v) is 6.35. The monoisotopic (exact) mass is 501 g/mol. The van der Waals surface area contributed by atoms with Crippen LogP contribution in [0.1, 0.15) is 55.7 Å². The van der Waals surface area contributed by atoms with Crippen molar-refractivity contribution in [3.05, 3.63) is 81.9 Å². The standard InChI is InChI=1S/C27H27N5O5/c1-4-5-14-22-28-25(33)24(27(34)32(22)16(2)17-10-6-8-12-20(17)35-3)26-30-29-23(36-26)15-19-18-11-7-9-13-21(18)37-31-19/h6-13,16,33H,4-5,14-15H2,1-3H3. The van der Waals surface area contributed by atoms with E-state index < -0.39 is 17.5 Å². The fourth-order valence-electron chi connectivity index (χ4n) is 4.45. The lowest BCUT2D eigenvalue weighted by Crippen LogP contribution is -2.30. The van der Waals surface area contributed by atoms with Gasteiger partial charge in [-0.1, -0.05) is 48.8 Å². The molecule has 3 heterocycles. The molecule has 0 bridgehead atoms. The zero-order valence-electron chi connectivity index (χ0n) is 20.8. The highest BCUT2D eigenvalue weighted by Crippen LogP contribution is 2.31. The fraction of sp³-hybridized carbons (Fsp3) is 0.296. The van der Waals surface area contributed by atoms with E-state index in [1.807, 2.05) is 55.5 Å². The third kappa shape index (κ3) is 4.57. The summed E-state index contributed by atoms with van der Waals surface area (Å²) in [6.45, 7) is 3.95. The number of rotatable bonds is 9. The second-order valence-electron chi connectivity index (χ2n) is 8.73. The lowest BCUT2D eigenvalue weighted by molar-refractivity contribution is 0.398. The molecule has 10 nitrogen and oxygen atoms in total. The van der Waals surface area contributed by atoms with Crippen molar-refractivity contribution in [1.82, 2.24) is 24.9 Å². The zero-order chi connectivity index (χ0) is 25.9. The Morgan fingerprint density at radius 1 is 1.11 bits per heavy atom. The second kappa shape index (κ2) is 10.3. The summed E-state index contributed by atoms with van der Waals surface area (Å²) in [4.78, 5) is 18.3. The number of hydrogen-bond acceptors (Lipinski definition) is 9. The van der Waals surface area contributed by atoms with Crippen LogP contribution in [0.5, 0.6) is 11.6 Å². The topological polar surface area (TPSA) is 129 Å². The van der Waals surface area contributed by atoms with Crippen molar-refractivity contribution in [1.29, 1.82) is 0 Å². The van der Waals surface area contributed by atoms with Gasteiger partial charge in [0.15, 0.2) is 11.1 Å². The van der Waals surface area contributed by atoms with E-state index >= 15 is 0 Å². The number of hydrogen-bond donors (Lipinski definition) is 1. The summed E-state index contributed by atoms with van der Waals surface area (Å²) in [6.07, 6.45) is 2.44. The zero-order valence-corrected chi connectivity index (χ0v) is 20.8. The molecule has 0 radical (unpaired) electrons. The number of para-hydroxylation sites is 2. The van der Waals surface area contributed by atoms with Gasteiger partial charge in [-0.3, -0.25) is 9.36 Å². The van der Waals surface area contributed by atoms with Crippen molar-refractivity contribution in [2.24, 2.45) is 0 Å². The minimum Gasteiger partial charge on any atom is -0.496 e. The molecule has 0 aliphatic rings. The van der Waals surface area contributed by atoms with Crippen LogP contribution in [-0.4, -0.2) is 37.1 Å². The van der Waals surface area contributed by atoms with Gasteiger partial charge < -0.3 is 18.8 Å². The van der Waals surface area contributed by atoms with Gasteiger partial charge in [-0.15, -0.1) is 10.2 Å². The van der Waals surface area contributed by atoms with Gasteiger partial charge in [0, 0.05) is 17.4 Å². The Labute approximate surface area is 212 Å². The maximum absolute atomic E-state index is 13.9. The number of ether oxygens (including phenoxy) is 1. The van der Waals surface area contributed by atoms with Gasteiger partial charge in [0.2, 0.25) is 11.8 Å². The van der Waals surface area contributed by atoms with Crippen LogP contribution < -0.4 is 10.3 Å². The fourth-order valence-corrected chi connectivity index (χ4v) is 4.45. The molecular formula is C27H27N5O5. The van der Waals surface area contributed by atoms with Crippen LogP contribution >= 0.6 is 0 Å². The first kappa shape index (κ1) is 24.2. The molecule has 10 heteroatoms. The molecule has 1 unspecified atom stereocenters. The Kier molecular flexibility index (Phi) is 6.72. The Bertz CT molecular complexity index is 1600. The minimum absolute atomic E-state index is 0.110. The molecule has 0 fully saturated rings. The van der Waals surface area contributed by atoms with Crippen LogP contribution in [0.4, 0.5) is 0 Å². The Morgan fingerprint density at radius 3 is 2.70 bits per heavy atom. The quantitative estimate of drug-likeness (QED) is 0.306. The number of aryl methyl sites for hydroxylation is 1. The molecule has 3 aromatic heterocycles. The van der Waals surface area contributed by atoms with E-state index in [9.17, 15) is 9.90 Å². The van der Waals surface area contributed by atoms with Crippen LogP contribution in [0, 0.1) is 0 Å². The van der Waals surface area contributed by atoms with E-state index in [-0.39, 0.29) is 23.8 Å². The minimum atomic E-state index is -0.473. The summed E-state index contributed by atoms with van der Waals surface area (Å²) in [5.41, 5.74) is 1.47. The van der Waals surface area contributed by atoms with E-state index in [4.69, 9.17) is 13.7 Å². The first-order valence-corrected chi connectivity index (χ1v) is 12.1. The Hall–Kier alpha value is -4.47. The van der Waals surface area contributed by atoms with Gasteiger partial charge in [0.25, 0.3) is 11.4 Å². The van der Waals surface area contributed by atoms with Crippen LogP contribution in [0.25, 0.3) is 22.4 Å². The molecule has 0 amide bonds. The first-order chi connectivity index (χ1) is 18.0. The number of nitrogens with zero attached hydrogens (tertiary/aromatic N) is 5. The molecule has 190 valence electrons. The van der Waals surface area contributed by atoms with Crippen molar-refractivity contribution in [2.45, 2.75) is 45.6 Å². The van der Waals surface area contributed by atoms with Gasteiger partial charge in [-0.05, 0) is 31.5 Å². The highest BCUT2D eigenvalue weighted by atomic mass is 16.5. The molecule has 37 heavy (non-hydrogen) atoms. The molecule has 0 aliphatic heterocycles.